The molecule has 2 saturated heterocycles. The number of aromatic nitrogens is 1. The van der Waals surface area contributed by atoms with Gasteiger partial charge in [0.05, 0.1) is 11.6 Å². The summed E-state index contributed by atoms with van der Waals surface area (Å²) in [4.78, 5) is 36.5. The first kappa shape index (κ1) is 25.4. The Labute approximate surface area is 219 Å². The van der Waals surface area contributed by atoms with Crippen LogP contribution in [0.1, 0.15) is 44.0 Å². The number of rotatable bonds is 2. The predicted octanol–water partition coefficient (Wildman–Crippen LogP) is 4.30. The van der Waals surface area contributed by atoms with Gasteiger partial charge in [-0.25, -0.2) is 14.2 Å². The van der Waals surface area contributed by atoms with E-state index in [-0.39, 0.29) is 52.4 Å². The van der Waals surface area contributed by atoms with Gasteiger partial charge in [-0.1, -0.05) is 17.7 Å². The van der Waals surface area contributed by atoms with Crippen LogP contribution in [0.25, 0.3) is 11.3 Å². The Kier molecular flexibility index (Phi) is 6.55. The highest BCUT2D eigenvalue weighted by molar-refractivity contribution is 6.35. The molecule has 0 radical (unpaired) electrons. The van der Waals surface area contributed by atoms with Crippen LogP contribution in [0, 0.1) is 5.82 Å². The van der Waals surface area contributed by atoms with Crippen LogP contribution in [-0.2, 0) is 4.74 Å². The van der Waals surface area contributed by atoms with Gasteiger partial charge in [-0.15, -0.1) is 0 Å². The van der Waals surface area contributed by atoms with E-state index in [1.54, 1.807) is 30.6 Å². The molecular weight excluding hydrogens is 503 g/mol. The highest BCUT2D eigenvalue weighted by Gasteiger charge is 2.42. The van der Waals surface area contributed by atoms with Gasteiger partial charge in [-0.3, -0.25) is 4.79 Å². The van der Waals surface area contributed by atoms with Crippen LogP contribution in [-0.4, -0.2) is 82.9 Å². The van der Waals surface area contributed by atoms with Crippen LogP contribution >= 0.6 is 11.6 Å². The Bertz CT molecular complexity index is 1220. The van der Waals surface area contributed by atoms with Gasteiger partial charge in [0.2, 0.25) is 0 Å². The van der Waals surface area contributed by atoms with Crippen LogP contribution in [0.2, 0.25) is 5.02 Å². The van der Waals surface area contributed by atoms with Crippen molar-refractivity contribution in [2.45, 2.75) is 45.3 Å². The Morgan fingerprint density at radius 2 is 1.92 bits per heavy atom. The van der Waals surface area contributed by atoms with Crippen LogP contribution in [0.15, 0.2) is 18.2 Å². The Morgan fingerprint density at radius 3 is 2.59 bits per heavy atom. The summed E-state index contributed by atoms with van der Waals surface area (Å²) >= 11 is 6.73. The second-order valence-electron chi connectivity index (χ2n) is 10.5. The van der Waals surface area contributed by atoms with Crippen LogP contribution < -0.4 is 9.64 Å². The molecule has 0 bridgehead atoms. The van der Waals surface area contributed by atoms with Crippen LogP contribution in [0.4, 0.5) is 15.0 Å². The minimum absolute atomic E-state index is 0.0148. The minimum atomic E-state index is -0.688. The fourth-order valence-electron chi connectivity index (χ4n) is 5.01. The molecule has 1 atom stereocenters. The third kappa shape index (κ3) is 4.74. The van der Waals surface area contributed by atoms with Crippen molar-refractivity contribution in [2.75, 3.05) is 44.2 Å². The summed E-state index contributed by atoms with van der Waals surface area (Å²) in [6.07, 6.45) is 1.40. The molecule has 3 aliphatic heterocycles. The average Bonchev–Trinajstić information content (AvgIpc) is 3.32. The Hall–Kier alpha value is -3.27. The van der Waals surface area contributed by atoms with E-state index in [1.807, 2.05) is 4.90 Å². The molecule has 1 N–H and O–H groups in total. The molecule has 0 aliphatic carbocycles. The van der Waals surface area contributed by atoms with Crippen molar-refractivity contribution in [1.29, 1.82) is 0 Å². The molecule has 0 saturated carbocycles. The first-order valence-corrected chi connectivity index (χ1v) is 12.8. The number of aromatic hydroxyl groups is 1. The molecule has 3 aliphatic rings. The third-order valence-electron chi connectivity index (χ3n) is 6.74. The Morgan fingerprint density at radius 1 is 1.19 bits per heavy atom. The summed E-state index contributed by atoms with van der Waals surface area (Å²) in [5, 5.41) is 10.4. The number of nitrogens with zero attached hydrogens (tertiary/aromatic N) is 4. The van der Waals surface area contributed by atoms with Crippen molar-refractivity contribution < 1.29 is 28.6 Å². The summed E-state index contributed by atoms with van der Waals surface area (Å²) in [6, 6.07) is 3.52. The average molecular weight is 533 g/mol. The molecule has 2 fully saturated rings. The number of hydrogen-bond acceptors (Lipinski definition) is 7. The zero-order valence-electron chi connectivity index (χ0n) is 21.1. The van der Waals surface area contributed by atoms with Gasteiger partial charge in [0, 0.05) is 32.7 Å². The largest absolute Gasteiger partial charge is 0.507 e. The molecule has 9 nitrogen and oxygen atoms in total. The normalized spacial score (nSPS) is 19.8. The minimum Gasteiger partial charge on any atom is -0.507 e. The van der Waals surface area contributed by atoms with Gasteiger partial charge in [0.1, 0.15) is 45.9 Å². The number of phenolic OH excluding ortho intramolecular Hbond substituents is 1. The molecule has 37 heavy (non-hydrogen) atoms. The maximum absolute atomic E-state index is 14.9. The van der Waals surface area contributed by atoms with Crippen molar-refractivity contribution in [3.63, 3.8) is 0 Å². The van der Waals surface area contributed by atoms with Crippen molar-refractivity contribution in [1.82, 2.24) is 14.8 Å². The SMILES string of the molecule is CC(C)(C)OC(=O)N1CCN2C(=O)c3c(N4CCCC4)nc(-c4c(O)cccc4F)c(Cl)c3OC[C@H]2C1. The molecule has 5 rings (SSSR count). The first-order chi connectivity index (χ1) is 17.5. The number of anilines is 1. The standard InChI is InChI=1S/C26H30ClFN4O5/c1-26(2,3)37-25(35)31-11-12-32-15(13-31)14-36-22-19(24(32)34)23(30-9-4-5-10-30)29-21(20(22)27)18-16(28)7-6-8-17(18)33/h6-8,15,33H,4-5,9-14H2,1-3H3/t15-/m1/s1. The molecule has 2 aromatic rings. The molecule has 1 aromatic carbocycles. The van der Waals surface area contributed by atoms with E-state index in [4.69, 9.17) is 21.1 Å². The van der Waals surface area contributed by atoms with Gasteiger partial charge in [0.15, 0.2) is 5.75 Å². The Balaban J connectivity index is 1.56. The smallest absolute Gasteiger partial charge is 0.410 e. The molecule has 0 spiro atoms. The van der Waals surface area contributed by atoms with Gasteiger partial charge < -0.3 is 29.3 Å². The number of halogens is 2. The number of carbonyl (C=O) groups excluding carboxylic acids is 2. The number of amides is 2. The highest BCUT2D eigenvalue weighted by Crippen LogP contribution is 2.46. The molecule has 1 aromatic heterocycles. The van der Waals surface area contributed by atoms with E-state index in [2.05, 4.69) is 4.98 Å². The second kappa shape index (κ2) is 9.55. The fraction of sp³-hybridized carbons (Fsp3) is 0.500. The lowest BCUT2D eigenvalue weighted by Gasteiger charge is -2.40. The number of phenols is 1. The van der Waals surface area contributed by atoms with Gasteiger partial charge in [-0.2, -0.15) is 0 Å². The molecular formula is C26H30ClFN4O5. The fourth-order valence-corrected chi connectivity index (χ4v) is 5.30. The third-order valence-corrected chi connectivity index (χ3v) is 7.09. The number of ether oxygens (including phenoxy) is 2. The van der Waals surface area contributed by atoms with E-state index in [0.717, 1.165) is 12.8 Å². The highest BCUT2D eigenvalue weighted by atomic mass is 35.5. The summed E-state index contributed by atoms with van der Waals surface area (Å²) < 4.78 is 26.5. The van der Waals surface area contributed by atoms with Crippen molar-refractivity contribution in [2.24, 2.45) is 0 Å². The van der Waals surface area contributed by atoms with Crippen molar-refractivity contribution in [3.05, 3.63) is 34.6 Å². The quantitative estimate of drug-likeness (QED) is 0.616. The van der Waals surface area contributed by atoms with E-state index in [9.17, 15) is 19.1 Å². The van der Waals surface area contributed by atoms with E-state index >= 15 is 0 Å². The lowest BCUT2D eigenvalue weighted by molar-refractivity contribution is 0.000955. The maximum atomic E-state index is 14.9. The number of piperazine rings is 1. The van der Waals surface area contributed by atoms with Crippen LogP contribution in [0.5, 0.6) is 11.5 Å². The first-order valence-electron chi connectivity index (χ1n) is 12.4. The number of fused-ring (bicyclic) bond motifs is 2. The van der Waals surface area contributed by atoms with Crippen molar-refractivity contribution in [3.8, 4) is 22.8 Å². The lowest BCUT2D eigenvalue weighted by atomic mass is 10.1. The maximum Gasteiger partial charge on any atom is 0.410 e. The molecule has 0 unspecified atom stereocenters. The molecule has 4 heterocycles. The van der Waals surface area contributed by atoms with Crippen molar-refractivity contribution >= 4 is 29.4 Å². The lowest BCUT2D eigenvalue weighted by Crippen LogP contribution is -2.58. The number of pyridine rings is 1. The van der Waals surface area contributed by atoms with E-state index < -0.39 is 23.6 Å². The number of hydrogen-bond donors (Lipinski definition) is 1. The van der Waals surface area contributed by atoms with Crippen LogP contribution in [0.3, 0.4) is 0 Å². The molecule has 11 heteroatoms. The summed E-state index contributed by atoms with van der Waals surface area (Å²) in [5.41, 5.74) is -0.552. The monoisotopic (exact) mass is 532 g/mol. The second-order valence-corrected chi connectivity index (χ2v) is 10.9. The van der Waals surface area contributed by atoms with Gasteiger partial charge >= 0.3 is 6.09 Å². The van der Waals surface area contributed by atoms with E-state index in [1.165, 1.54) is 18.2 Å². The van der Waals surface area contributed by atoms with E-state index in [0.29, 0.717) is 32.0 Å². The zero-order chi connectivity index (χ0) is 26.5. The van der Waals surface area contributed by atoms with Gasteiger partial charge in [0.25, 0.3) is 5.91 Å². The summed E-state index contributed by atoms with van der Waals surface area (Å²) in [5.74, 6) is -0.838. The summed E-state index contributed by atoms with van der Waals surface area (Å²) in [7, 11) is 0. The number of benzene rings is 1. The topological polar surface area (TPSA) is 95.4 Å². The number of carbonyl (C=O) groups is 2. The zero-order valence-corrected chi connectivity index (χ0v) is 21.8. The van der Waals surface area contributed by atoms with Gasteiger partial charge in [-0.05, 0) is 45.7 Å². The summed E-state index contributed by atoms with van der Waals surface area (Å²) in [6.45, 7) is 7.66. The molecule has 2 amide bonds. The predicted molar refractivity (Wildman–Crippen MR) is 136 cm³/mol. The molecule has 198 valence electrons.